The van der Waals surface area contributed by atoms with Gasteiger partial charge >= 0.3 is 0 Å². The summed E-state index contributed by atoms with van der Waals surface area (Å²) in [6, 6.07) is 24.4. The van der Waals surface area contributed by atoms with Crippen molar-refractivity contribution in [1.29, 1.82) is 0 Å². The number of anilines is 1. The first-order chi connectivity index (χ1) is 13.7. The highest BCUT2D eigenvalue weighted by atomic mass is 32.2. The Labute approximate surface area is 169 Å². The summed E-state index contributed by atoms with van der Waals surface area (Å²) < 4.78 is 0. The summed E-state index contributed by atoms with van der Waals surface area (Å²) in [7, 11) is 0. The Bertz CT molecular complexity index is 1080. The average Bonchev–Trinajstić information content (AvgIpc) is 3.11. The molecule has 1 amide bonds. The Morgan fingerprint density at radius 3 is 2.54 bits per heavy atom. The van der Waals surface area contributed by atoms with Crippen LogP contribution in [0.25, 0.3) is 10.5 Å². The van der Waals surface area contributed by atoms with Gasteiger partial charge < -0.3 is 4.90 Å². The van der Waals surface area contributed by atoms with Crippen molar-refractivity contribution in [2.24, 2.45) is 5.41 Å². The third kappa shape index (κ3) is 2.60. The molecule has 0 bridgehead atoms. The third-order valence-corrected chi connectivity index (χ3v) is 6.97. The summed E-state index contributed by atoms with van der Waals surface area (Å²) >= 11 is 1.74. The second-order valence-electron chi connectivity index (χ2n) is 7.43. The quantitative estimate of drug-likeness (QED) is 0.618. The molecule has 3 aromatic rings. The molecule has 28 heavy (non-hydrogen) atoms. The Balaban J connectivity index is 1.69. The van der Waals surface area contributed by atoms with Crippen LogP contribution in [0.2, 0.25) is 0 Å². The molecule has 2 aromatic carbocycles. The van der Waals surface area contributed by atoms with Crippen LogP contribution in [0.4, 0.5) is 5.69 Å². The van der Waals surface area contributed by atoms with Crippen molar-refractivity contribution in [2.75, 3.05) is 10.7 Å². The first-order valence-corrected chi connectivity index (χ1v) is 10.4. The first kappa shape index (κ1) is 17.3. The molecule has 3 nitrogen and oxygen atoms in total. The standard InChI is InChI=1S/C24H20N2OS/c1-24-16-28-22(19-12-7-8-14-25-19)21(24)18-11-5-6-13-20(18)26(23(24)27)15-17-9-3-2-4-10-17/h2-14H,15-16H2,1H3. The molecule has 0 aliphatic carbocycles. The molecule has 1 aromatic heterocycles. The van der Waals surface area contributed by atoms with Crippen molar-refractivity contribution < 1.29 is 4.79 Å². The molecule has 1 unspecified atom stereocenters. The van der Waals surface area contributed by atoms with Gasteiger partial charge in [0.1, 0.15) is 0 Å². The van der Waals surface area contributed by atoms with Gasteiger partial charge in [0, 0.05) is 22.4 Å². The van der Waals surface area contributed by atoms with E-state index >= 15 is 0 Å². The fourth-order valence-electron chi connectivity index (χ4n) is 4.15. The number of amides is 1. The number of fused-ring (bicyclic) bond motifs is 3. The van der Waals surface area contributed by atoms with Gasteiger partial charge in [0.05, 0.1) is 23.3 Å². The van der Waals surface area contributed by atoms with Crippen LogP contribution in [0.1, 0.15) is 23.7 Å². The van der Waals surface area contributed by atoms with Crippen molar-refractivity contribution in [1.82, 2.24) is 4.98 Å². The number of benzene rings is 2. The van der Waals surface area contributed by atoms with E-state index < -0.39 is 5.41 Å². The van der Waals surface area contributed by atoms with E-state index in [9.17, 15) is 4.79 Å². The highest BCUT2D eigenvalue weighted by Crippen LogP contribution is 2.58. The van der Waals surface area contributed by atoms with E-state index in [1.165, 1.54) is 0 Å². The Hall–Kier alpha value is -2.85. The van der Waals surface area contributed by atoms with Crippen molar-refractivity contribution in [2.45, 2.75) is 13.5 Å². The number of nitrogens with zero attached hydrogens (tertiary/aromatic N) is 2. The number of rotatable bonds is 3. The Morgan fingerprint density at radius 2 is 1.75 bits per heavy atom. The fraction of sp³-hybridized carbons (Fsp3) is 0.167. The summed E-state index contributed by atoms with van der Waals surface area (Å²) in [5, 5.41) is 0. The fourth-order valence-corrected chi connectivity index (χ4v) is 5.60. The number of thioether (sulfide) groups is 1. The van der Waals surface area contributed by atoms with Crippen LogP contribution < -0.4 is 4.90 Å². The molecule has 4 heteroatoms. The molecule has 5 rings (SSSR count). The predicted molar refractivity (Wildman–Crippen MR) is 116 cm³/mol. The average molecular weight is 385 g/mol. The highest BCUT2D eigenvalue weighted by Gasteiger charge is 2.51. The maximum Gasteiger partial charge on any atom is 0.238 e. The molecule has 0 fully saturated rings. The number of pyridine rings is 1. The van der Waals surface area contributed by atoms with Gasteiger partial charge in [0.15, 0.2) is 0 Å². The molecular formula is C24H20N2OS. The lowest BCUT2D eigenvalue weighted by Crippen LogP contribution is -2.47. The largest absolute Gasteiger partial charge is 0.307 e. The molecule has 0 saturated carbocycles. The van der Waals surface area contributed by atoms with Crippen molar-refractivity contribution in [3.63, 3.8) is 0 Å². The number of carbonyl (C=O) groups excluding carboxylic acids is 1. The van der Waals surface area contributed by atoms with Crippen molar-refractivity contribution in [3.8, 4) is 0 Å². The topological polar surface area (TPSA) is 33.2 Å². The molecule has 2 aliphatic heterocycles. The van der Waals surface area contributed by atoms with Gasteiger partial charge in [-0.3, -0.25) is 9.78 Å². The summed E-state index contributed by atoms with van der Waals surface area (Å²) in [6.07, 6.45) is 1.82. The van der Waals surface area contributed by atoms with E-state index in [4.69, 9.17) is 0 Å². The number of hydrogen-bond acceptors (Lipinski definition) is 3. The highest BCUT2D eigenvalue weighted by molar-refractivity contribution is 8.09. The minimum Gasteiger partial charge on any atom is -0.307 e. The normalized spacial score (nSPS) is 20.9. The number of aromatic nitrogens is 1. The maximum absolute atomic E-state index is 13.7. The van der Waals surface area contributed by atoms with Gasteiger partial charge in [0.25, 0.3) is 0 Å². The van der Waals surface area contributed by atoms with Crippen molar-refractivity contribution >= 4 is 33.8 Å². The second-order valence-corrected chi connectivity index (χ2v) is 8.42. The Kier molecular flexibility index (Phi) is 4.09. The lowest BCUT2D eigenvalue weighted by Gasteiger charge is -2.40. The predicted octanol–water partition coefficient (Wildman–Crippen LogP) is 5.25. The summed E-state index contributed by atoms with van der Waals surface area (Å²) in [4.78, 5) is 21.4. The first-order valence-electron chi connectivity index (χ1n) is 9.43. The van der Waals surface area contributed by atoms with Crippen molar-refractivity contribution in [3.05, 3.63) is 95.8 Å². The maximum atomic E-state index is 13.7. The van der Waals surface area contributed by atoms with Gasteiger partial charge in [-0.1, -0.05) is 54.6 Å². The van der Waals surface area contributed by atoms with Gasteiger partial charge in [-0.15, -0.1) is 11.8 Å². The zero-order valence-corrected chi connectivity index (χ0v) is 16.4. The molecule has 0 N–H and O–H groups in total. The summed E-state index contributed by atoms with van der Waals surface area (Å²) in [5.74, 6) is 0.913. The molecule has 0 spiro atoms. The van der Waals surface area contributed by atoms with Gasteiger partial charge in [0.2, 0.25) is 5.91 Å². The lowest BCUT2D eigenvalue weighted by atomic mass is 9.74. The summed E-state index contributed by atoms with van der Waals surface area (Å²) in [6.45, 7) is 2.67. The number of para-hydroxylation sites is 1. The number of hydrogen-bond donors (Lipinski definition) is 0. The molecule has 1 atom stereocenters. The van der Waals surface area contributed by atoms with E-state index in [-0.39, 0.29) is 5.91 Å². The van der Waals surface area contributed by atoms with E-state index in [0.717, 1.165) is 38.7 Å². The smallest absolute Gasteiger partial charge is 0.238 e. The van der Waals surface area contributed by atoms with Crippen LogP contribution in [0.5, 0.6) is 0 Å². The van der Waals surface area contributed by atoms with Gasteiger partial charge in [-0.05, 0) is 36.3 Å². The monoisotopic (exact) mass is 384 g/mol. The number of carbonyl (C=O) groups is 1. The Morgan fingerprint density at radius 1 is 1.00 bits per heavy atom. The summed E-state index contributed by atoms with van der Waals surface area (Å²) in [5.41, 5.74) is 4.80. The van der Waals surface area contributed by atoms with Crippen LogP contribution in [0, 0.1) is 5.41 Å². The minimum absolute atomic E-state index is 0.170. The second kappa shape index (κ2) is 6.64. The third-order valence-electron chi connectivity index (χ3n) is 5.55. The van der Waals surface area contributed by atoms with Crippen LogP contribution in [-0.4, -0.2) is 16.6 Å². The molecule has 2 aliphatic rings. The van der Waals surface area contributed by atoms with Crippen LogP contribution in [0.15, 0.2) is 79.0 Å². The van der Waals surface area contributed by atoms with E-state index in [1.54, 1.807) is 11.8 Å². The van der Waals surface area contributed by atoms with Gasteiger partial charge in [-0.2, -0.15) is 0 Å². The zero-order valence-electron chi connectivity index (χ0n) is 15.6. The van der Waals surface area contributed by atoms with E-state index in [2.05, 4.69) is 42.2 Å². The zero-order chi connectivity index (χ0) is 19.1. The van der Waals surface area contributed by atoms with Gasteiger partial charge in [-0.25, -0.2) is 0 Å². The molecule has 0 radical (unpaired) electrons. The molecule has 3 heterocycles. The minimum atomic E-state index is -0.541. The molecule has 138 valence electrons. The van der Waals surface area contributed by atoms with Crippen LogP contribution in [0.3, 0.4) is 0 Å². The van der Waals surface area contributed by atoms with E-state index in [0.29, 0.717) is 6.54 Å². The SMILES string of the molecule is CC12CSC(c3ccccn3)=C1c1ccccc1N(Cc1ccccc1)C2=O. The molecular weight excluding hydrogens is 364 g/mol. The lowest BCUT2D eigenvalue weighted by molar-refractivity contribution is -0.124. The molecule has 0 saturated heterocycles. The van der Waals surface area contributed by atoms with Crippen LogP contribution in [-0.2, 0) is 11.3 Å². The van der Waals surface area contributed by atoms with Crippen LogP contribution >= 0.6 is 11.8 Å². The van der Waals surface area contributed by atoms with E-state index in [1.807, 2.05) is 53.6 Å².